The summed E-state index contributed by atoms with van der Waals surface area (Å²) < 4.78 is 33.0. The minimum absolute atomic E-state index is 0.437. The van der Waals surface area contributed by atoms with Crippen LogP contribution >= 0.6 is 0 Å². The van der Waals surface area contributed by atoms with E-state index in [2.05, 4.69) is 0 Å². The number of carbonyl (C=O) groups is 1. The van der Waals surface area contributed by atoms with Gasteiger partial charge in [-0.05, 0) is 34.4 Å². The fourth-order valence-electron chi connectivity index (χ4n) is 4.45. The summed E-state index contributed by atoms with van der Waals surface area (Å²) in [6.07, 6.45) is 0.602. The van der Waals surface area contributed by atoms with Gasteiger partial charge in [0.1, 0.15) is 17.9 Å². The highest BCUT2D eigenvalue weighted by Crippen LogP contribution is 2.37. The number of rotatable bonds is 9. The predicted octanol–water partition coefficient (Wildman–Crippen LogP) is 5.63. The molecule has 4 aromatic carbocycles. The van der Waals surface area contributed by atoms with Crippen molar-refractivity contribution in [2.75, 3.05) is 6.54 Å². The first-order valence-corrected chi connectivity index (χ1v) is 13.4. The molecular weight excluding hydrogens is 520 g/mol. The maximum Gasteiger partial charge on any atom is 0.318 e. The third-order valence-corrected chi connectivity index (χ3v) is 7.69. The molecule has 5 rings (SSSR count). The zero-order valence-corrected chi connectivity index (χ0v) is 21.2. The lowest BCUT2D eigenvalue weighted by atomic mass is 9.96. The molecule has 0 atom stereocenters. The first-order valence-electron chi connectivity index (χ1n) is 11.9. The van der Waals surface area contributed by atoms with E-state index in [1.165, 1.54) is 12.1 Å². The number of nitro groups is 1. The van der Waals surface area contributed by atoms with Crippen LogP contribution in [0.25, 0.3) is 33.2 Å². The van der Waals surface area contributed by atoms with Gasteiger partial charge >= 0.3 is 5.97 Å². The topological polar surface area (TPSA) is 140 Å². The van der Waals surface area contributed by atoms with Crippen molar-refractivity contribution in [2.45, 2.75) is 11.3 Å². The third-order valence-electron chi connectivity index (χ3n) is 6.24. The minimum atomic E-state index is -4.40. The highest BCUT2D eigenvalue weighted by atomic mass is 32.2. The van der Waals surface area contributed by atoms with Crippen LogP contribution in [0.3, 0.4) is 0 Å². The number of nitrogens with one attached hydrogen (secondary N) is 1. The van der Waals surface area contributed by atoms with Gasteiger partial charge in [-0.3, -0.25) is 14.9 Å². The Hall–Kier alpha value is -4.80. The van der Waals surface area contributed by atoms with Gasteiger partial charge in [-0.15, -0.1) is 0 Å². The Bertz CT molecular complexity index is 1800. The number of nitrogens with zero attached hydrogens (tertiary/aromatic N) is 1. The van der Waals surface area contributed by atoms with Gasteiger partial charge in [0.25, 0.3) is 5.69 Å². The molecule has 0 bridgehead atoms. The molecule has 0 saturated carbocycles. The van der Waals surface area contributed by atoms with Crippen molar-refractivity contribution in [2.24, 2.45) is 0 Å². The molecule has 0 radical (unpaired) electrons. The summed E-state index contributed by atoms with van der Waals surface area (Å²) in [4.78, 5) is 21.1. The number of carboxylic acids is 1. The molecule has 39 heavy (non-hydrogen) atoms. The van der Waals surface area contributed by atoms with Crippen LogP contribution in [0, 0.1) is 10.1 Å². The molecule has 196 valence electrons. The van der Waals surface area contributed by atoms with E-state index in [-0.39, 0.29) is 0 Å². The summed E-state index contributed by atoms with van der Waals surface area (Å²) in [5.74, 6) is -0.593. The van der Waals surface area contributed by atoms with E-state index >= 15 is 0 Å². The fraction of sp³-hybridized carbons (Fsp3) is 0.0690. The first-order chi connectivity index (χ1) is 18.7. The molecule has 0 fully saturated rings. The van der Waals surface area contributed by atoms with Gasteiger partial charge < -0.3 is 9.52 Å². The number of nitro benzene ring substituents is 1. The summed E-state index contributed by atoms with van der Waals surface area (Å²) >= 11 is 0. The number of fused-ring (bicyclic) bond motifs is 1. The Morgan fingerprint density at radius 2 is 1.51 bits per heavy atom. The van der Waals surface area contributed by atoms with Gasteiger partial charge in [0.15, 0.2) is 4.90 Å². The number of carboxylic acid groups (broad SMARTS) is 1. The second kappa shape index (κ2) is 10.5. The molecule has 0 aliphatic carbocycles. The molecule has 1 heterocycles. The van der Waals surface area contributed by atoms with Crippen molar-refractivity contribution in [1.82, 2.24) is 4.72 Å². The number of hydrogen-bond acceptors (Lipinski definition) is 6. The predicted molar refractivity (Wildman–Crippen MR) is 146 cm³/mol. The number of sulfonamides is 1. The van der Waals surface area contributed by atoms with Gasteiger partial charge in [0, 0.05) is 23.4 Å². The molecule has 5 aromatic rings. The highest BCUT2D eigenvalue weighted by Gasteiger charge is 2.27. The van der Waals surface area contributed by atoms with Crippen molar-refractivity contribution in [1.29, 1.82) is 0 Å². The Morgan fingerprint density at radius 1 is 0.872 bits per heavy atom. The number of benzene rings is 4. The van der Waals surface area contributed by atoms with Crippen molar-refractivity contribution in [3.63, 3.8) is 0 Å². The SMILES string of the molecule is O=C(O)CNS(=O)(=O)c1ccc(-c2ccc(-c3c(Cc4ccccc4)oc4ccccc34)cc2)cc1[N+](=O)[O-]. The van der Waals surface area contributed by atoms with Crippen molar-refractivity contribution in [3.05, 3.63) is 118 Å². The van der Waals surface area contributed by atoms with Crippen LogP contribution in [0.2, 0.25) is 0 Å². The molecule has 2 N–H and O–H groups in total. The first kappa shape index (κ1) is 25.8. The summed E-state index contributed by atoms with van der Waals surface area (Å²) in [6.45, 7) is -0.891. The Kier molecular flexibility index (Phi) is 6.97. The zero-order chi connectivity index (χ0) is 27.6. The van der Waals surface area contributed by atoms with Crippen LogP contribution < -0.4 is 4.72 Å². The average molecular weight is 543 g/mol. The quantitative estimate of drug-likeness (QED) is 0.182. The second-order valence-electron chi connectivity index (χ2n) is 8.79. The van der Waals surface area contributed by atoms with E-state index in [1.807, 2.05) is 71.5 Å². The average Bonchev–Trinajstić information content (AvgIpc) is 3.30. The molecule has 9 nitrogen and oxygen atoms in total. The monoisotopic (exact) mass is 542 g/mol. The summed E-state index contributed by atoms with van der Waals surface area (Å²) in [5, 5.41) is 21.4. The zero-order valence-electron chi connectivity index (χ0n) is 20.4. The highest BCUT2D eigenvalue weighted by molar-refractivity contribution is 7.89. The van der Waals surface area contributed by atoms with Crippen LogP contribution in [0.4, 0.5) is 5.69 Å². The third kappa shape index (κ3) is 5.42. The van der Waals surface area contributed by atoms with Gasteiger partial charge in [-0.1, -0.05) is 78.9 Å². The maximum atomic E-state index is 12.5. The van der Waals surface area contributed by atoms with Crippen LogP contribution in [0.1, 0.15) is 11.3 Å². The fourth-order valence-corrected chi connectivity index (χ4v) is 5.57. The van der Waals surface area contributed by atoms with Gasteiger partial charge in [-0.25, -0.2) is 8.42 Å². The van der Waals surface area contributed by atoms with Crippen LogP contribution in [-0.2, 0) is 21.2 Å². The van der Waals surface area contributed by atoms with Crippen molar-refractivity contribution >= 4 is 32.6 Å². The summed E-state index contributed by atoms with van der Waals surface area (Å²) in [7, 11) is -4.40. The second-order valence-corrected chi connectivity index (χ2v) is 10.5. The molecular formula is C29H22N2O7S. The minimum Gasteiger partial charge on any atom is -0.480 e. The van der Waals surface area contributed by atoms with E-state index in [1.54, 1.807) is 12.1 Å². The van der Waals surface area contributed by atoms with Crippen LogP contribution in [0.5, 0.6) is 0 Å². The van der Waals surface area contributed by atoms with E-state index in [9.17, 15) is 23.3 Å². The van der Waals surface area contributed by atoms with E-state index in [0.29, 0.717) is 17.5 Å². The van der Waals surface area contributed by atoms with Crippen molar-refractivity contribution in [3.8, 4) is 22.3 Å². The van der Waals surface area contributed by atoms with E-state index < -0.39 is 38.0 Å². The molecule has 0 aliphatic heterocycles. The van der Waals surface area contributed by atoms with Gasteiger partial charge in [-0.2, -0.15) is 4.72 Å². The molecule has 10 heteroatoms. The van der Waals surface area contributed by atoms with E-state index in [4.69, 9.17) is 9.52 Å². The molecule has 0 unspecified atom stereocenters. The van der Waals surface area contributed by atoms with Crippen LogP contribution in [-0.4, -0.2) is 31.0 Å². The van der Waals surface area contributed by atoms with E-state index in [0.717, 1.165) is 39.5 Å². The van der Waals surface area contributed by atoms with Gasteiger partial charge in [0.2, 0.25) is 10.0 Å². The molecule has 0 spiro atoms. The number of para-hydroxylation sites is 1. The molecule has 0 saturated heterocycles. The Labute approximate surface area is 223 Å². The Balaban J connectivity index is 1.52. The molecule has 0 amide bonds. The lowest BCUT2D eigenvalue weighted by Gasteiger charge is -2.09. The summed E-state index contributed by atoms with van der Waals surface area (Å²) in [6, 6.07) is 28.9. The smallest absolute Gasteiger partial charge is 0.318 e. The number of hydrogen-bond donors (Lipinski definition) is 2. The molecule has 1 aromatic heterocycles. The van der Waals surface area contributed by atoms with Crippen molar-refractivity contribution < 1.29 is 27.7 Å². The summed E-state index contributed by atoms with van der Waals surface area (Å²) in [5.41, 5.74) is 4.16. The number of furan rings is 1. The standard InChI is InChI=1S/C29H22N2O7S/c32-28(33)18-30-39(36,37)27-15-14-22(17-24(27)31(34)35)20-10-12-21(13-11-20)29-23-8-4-5-9-25(23)38-26(29)16-19-6-2-1-3-7-19/h1-15,17,30H,16,18H2,(H,32,33). The largest absolute Gasteiger partial charge is 0.480 e. The number of aliphatic carboxylic acids is 1. The normalized spacial score (nSPS) is 11.5. The van der Waals surface area contributed by atoms with Crippen LogP contribution in [0.15, 0.2) is 106 Å². The Morgan fingerprint density at radius 3 is 2.21 bits per heavy atom. The van der Waals surface area contributed by atoms with Gasteiger partial charge in [0.05, 0.1) is 4.92 Å². The lowest BCUT2D eigenvalue weighted by Crippen LogP contribution is -2.29. The lowest BCUT2D eigenvalue weighted by molar-refractivity contribution is -0.387. The maximum absolute atomic E-state index is 12.5. The molecule has 0 aliphatic rings.